The van der Waals surface area contributed by atoms with Crippen molar-refractivity contribution in [3.63, 3.8) is 0 Å². The first-order chi connectivity index (χ1) is 8.77. The quantitative estimate of drug-likeness (QED) is 0.434. The number of amides is 1. The van der Waals surface area contributed by atoms with Gasteiger partial charge in [0.1, 0.15) is 0 Å². The predicted molar refractivity (Wildman–Crippen MR) is 78.0 cm³/mol. The molecule has 0 aliphatic carbocycles. The van der Waals surface area contributed by atoms with Crippen molar-refractivity contribution in [1.29, 1.82) is 0 Å². The smallest absolute Gasteiger partial charge is 0.217 e. The van der Waals surface area contributed by atoms with E-state index in [1.54, 1.807) is 0 Å². The summed E-state index contributed by atoms with van der Waals surface area (Å²) in [5.41, 5.74) is 5.08. The molecule has 0 radical (unpaired) electrons. The molecule has 0 atom stereocenters. The molecule has 2 heteroatoms. The molecule has 18 heavy (non-hydrogen) atoms. The molecule has 0 bridgehead atoms. The number of hydrogen-bond donors (Lipinski definition) is 1. The number of carbonyl (C=O) groups excluding carboxylic acids is 1. The highest BCUT2D eigenvalue weighted by Gasteiger charge is 1.95. The van der Waals surface area contributed by atoms with Crippen molar-refractivity contribution in [2.75, 3.05) is 0 Å². The Kier molecular flexibility index (Phi) is 13.3. The molecule has 0 spiro atoms. The van der Waals surface area contributed by atoms with Crippen molar-refractivity contribution in [3.05, 3.63) is 0 Å². The average Bonchev–Trinajstić information content (AvgIpc) is 2.34. The van der Waals surface area contributed by atoms with E-state index in [0.29, 0.717) is 6.42 Å². The Bertz CT molecular complexity index is 250. The van der Waals surface area contributed by atoms with E-state index in [1.807, 2.05) is 0 Å². The Hall–Kier alpha value is -0.970. The summed E-state index contributed by atoms with van der Waals surface area (Å²) in [5.74, 6) is 6.24. The molecular formula is C16H29NO. The molecule has 0 aromatic heterocycles. The monoisotopic (exact) mass is 251 g/mol. The van der Waals surface area contributed by atoms with Crippen LogP contribution in [0.15, 0.2) is 0 Å². The van der Waals surface area contributed by atoms with Crippen molar-refractivity contribution >= 4 is 5.91 Å². The summed E-state index contributed by atoms with van der Waals surface area (Å²) in [6.45, 7) is 2.16. The maximum atomic E-state index is 10.5. The van der Waals surface area contributed by atoms with Crippen LogP contribution in [0.1, 0.15) is 84.0 Å². The Morgan fingerprint density at radius 2 is 1.33 bits per heavy atom. The molecular weight excluding hydrogens is 222 g/mol. The molecule has 0 aromatic carbocycles. The molecule has 104 valence electrons. The molecule has 2 N–H and O–H groups in total. The third kappa shape index (κ3) is 15.0. The summed E-state index contributed by atoms with van der Waals surface area (Å²) in [4.78, 5) is 10.5. The van der Waals surface area contributed by atoms with Crippen molar-refractivity contribution in [1.82, 2.24) is 0 Å². The first kappa shape index (κ1) is 17.0. The molecule has 2 nitrogen and oxygen atoms in total. The fourth-order valence-corrected chi connectivity index (χ4v) is 1.88. The summed E-state index contributed by atoms with van der Waals surface area (Å²) in [7, 11) is 0. The van der Waals surface area contributed by atoms with E-state index < -0.39 is 0 Å². The Balaban J connectivity index is 3.04. The molecule has 0 heterocycles. The van der Waals surface area contributed by atoms with Gasteiger partial charge in [-0.25, -0.2) is 0 Å². The van der Waals surface area contributed by atoms with Gasteiger partial charge in [-0.15, -0.1) is 11.8 Å². The van der Waals surface area contributed by atoms with Crippen LogP contribution in [-0.2, 0) is 4.79 Å². The largest absolute Gasteiger partial charge is 0.370 e. The van der Waals surface area contributed by atoms with Crippen LogP contribution in [0.4, 0.5) is 0 Å². The topological polar surface area (TPSA) is 43.1 Å². The highest BCUT2D eigenvalue weighted by molar-refractivity contribution is 5.73. The maximum absolute atomic E-state index is 10.5. The van der Waals surface area contributed by atoms with Crippen LogP contribution >= 0.6 is 0 Å². The molecule has 0 aromatic rings. The highest BCUT2D eigenvalue weighted by Crippen LogP contribution is 2.10. The number of primary amides is 1. The second kappa shape index (κ2) is 14.1. The molecule has 0 rings (SSSR count). The minimum absolute atomic E-state index is 0.167. The summed E-state index contributed by atoms with van der Waals surface area (Å²) >= 11 is 0. The van der Waals surface area contributed by atoms with Gasteiger partial charge in [-0.05, 0) is 19.3 Å². The van der Waals surface area contributed by atoms with Crippen LogP contribution in [0.2, 0.25) is 0 Å². The summed E-state index contributed by atoms with van der Waals surface area (Å²) in [5, 5.41) is 0. The normalized spacial score (nSPS) is 9.83. The molecule has 0 saturated heterocycles. The molecule has 0 unspecified atom stereocenters. The van der Waals surface area contributed by atoms with E-state index >= 15 is 0 Å². The van der Waals surface area contributed by atoms with E-state index in [9.17, 15) is 4.79 Å². The van der Waals surface area contributed by atoms with Crippen molar-refractivity contribution in [2.45, 2.75) is 84.0 Å². The Morgan fingerprint density at radius 3 is 1.89 bits per heavy atom. The van der Waals surface area contributed by atoms with Gasteiger partial charge < -0.3 is 5.73 Å². The number of hydrogen-bond acceptors (Lipinski definition) is 1. The predicted octanol–water partition coefficient (Wildman–Crippen LogP) is 4.18. The SMILES string of the molecule is CCCC#CCCCCCCCCCCC(N)=O. The van der Waals surface area contributed by atoms with E-state index in [0.717, 1.165) is 25.7 Å². The van der Waals surface area contributed by atoms with Crippen molar-refractivity contribution in [2.24, 2.45) is 5.73 Å². The molecule has 0 aliphatic heterocycles. The lowest BCUT2D eigenvalue weighted by molar-refractivity contribution is -0.118. The van der Waals surface area contributed by atoms with Gasteiger partial charge in [0.15, 0.2) is 0 Å². The molecule has 0 fully saturated rings. The lowest BCUT2D eigenvalue weighted by atomic mass is 10.1. The van der Waals surface area contributed by atoms with Crippen LogP contribution in [0.3, 0.4) is 0 Å². The summed E-state index contributed by atoms with van der Waals surface area (Å²) in [6.07, 6.45) is 13.7. The van der Waals surface area contributed by atoms with E-state index in [-0.39, 0.29) is 5.91 Å². The summed E-state index contributed by atoms with van der Waals surface area (Å²) in [6, 6.07) is 0. The fourth-order valence-electron chi connectivity index (χ4n) is 1.88. The van der Waals surface area contributed by atoms with Gasteiger partial charge in [0, 0.05) is 19.3 Å². The van der Waals surface area contributed by atoms with Gasteiger partial charge in [0.25, 0.3) is 0 Å². The van der Waals surface area contributed by atoms with E-state index in [4.69, 9.17) is 5.73 Å². The van der Waals surface area contributed by atoms with Gasteiger partial charge in [0.05, 0.1) is 0 Å². The number of unbranched alkanes of at least 4 members (excludes halogenated alkanes) is 9. The van der Waals surface area contributed by atoms with Gasteiger partial charge >= 0.3 is 0 Å². The maximum Gasteiger partial charge on any atom is 0.217 e. The first-order valence-corrected chi connectivity index (χ1v) is 7.51. The highest BCUT2D eigenvalue weighted by atomic mass is 16.1. The second-order valence-corrected chi connectivity index (χ2v) is 4.90. The zero-order valence-electron chi connectivity index (χ0n) is 12.0. The third-order valence-corrected chi connectivity index (χ3v) is 2.97. The van der Waals surface area contributed by atoms with E-state index in [2.05, 4.69) is 18.8 Å². The molecule has 0 saturated carbocycles. The zero-order chi connectivity index (χ0) is 13.5. The van der Waals surface area contributed by atoms with Gasteiger partial charge in [-0.1, -0.05) is 45.4 Å². The van der Waals surface area contributed by atoms with Gasteiger partial charge in [-0.2, -0.15) is 0 Å². The first-order valence-electron chi connectivity index (χ1n) is 7.51. The minimum Gasteiger partial charge on any atom is -0.370 e. The third-order valence-electron chi connectivity index (χ3n) is 2.97. The van der Waals surface area contributed by atoms with Crippen molar-refractivity contribution < 1.29 is 4.79 Å². The van der Waals surface area contributed by atoms with E-state index in [1.165, 1.54) is 44.9 Å². The number of carbonyl (C=O) groups is 1. The lowest BCUT2D eigenvalue weighted by Crippen LogP contribution is -2.09. The van der Waals surface area contributed by atoms with Crippen molar-refractivity contribution in [3.8, 4) is 11.8 Å². The second-order valence-electron chi connectivity index (χ2n) is 4.90. The Morgan fingerprint density at radius 1 is 0.833 bits per heavy atom. The van der Waals surface area contributed by atoms with Gasteiger partial charge in [0.2, 0.25) is 5.91 Å². The molecule has 1 amide bonds. The van der Waals surface area contributed by atoms with Crippen LogP contribution in [0, 0.1) is 11.8 Å². The zero-order valence-corrected chi connectivity index (χ0v) is 12.0. The van der Waals surface area contributed by atoms with Crippen LogP contribution in [0.25, 0.3) is 0 Å². The number of rotatable bonds is 11. The average molecular weight is 251 g/mol. The van der Waals surface area contributed by atoms with Gasteiger partial charge in [-0.3, -0.25) is 4.79 Å². The fraction of sp³-hybridized carbons (Fsp3) is 0.812. The van der Waals surface area contributed by atoms with Crippen LogP contribution in [-0.4, -0.2) is 5.91 Å². The Labute approximate surface area is 113 Å². The standard InChI is InChI=1S/C16H29NO/c1-2-3-4-5-6-7-8-9-10-11-12-13-14-15-16(17)18/h2-3,6-15H2,1H3,(H2,17,18). The van der Waals surface area contributed by atoms with Crippen LogP contribution in [0.5, 0.6) is 0 Å². The minimum atomic E-state index is -0.167. The lowest BCUT2D eigenvalue weighted by Gasteiger charge is -2.00. The number of nitrogens with two attached hydrogens (primary N) is 1. The van der Waals surface area contributed by atoms with Crippen LogP contribution < -0.4 is 5.73 Å². The summed E-state index contributed by atoms with van der Waals surface area (Å²) < 4.78 is 0. The molecule has 0 aliphatic rings.